The van der Waals surface area contributed by atoms with Crippen molar-refractivity contribution < 1.29 is 9.73 Å². The Morgan fingerprint density at radius 1 is 0.422 bits per heavy atom. The zero-order valence-electron chi connectivity index (χ0n) is 47.0. The molecule has 0 aromatic heterocycles. The second-order valence-electron chi connectivity index (χ2n) is 21.1. The average Bonchev–Trinajstić information content (AvgIpc) is 4.28. The third-order valence-corrected chi connectivity index (χ3v) is 15.4. The van der Waals surface area contributed by atoms with Gasteiger partial charge in [-0.1, -0.05) is 135 Å². The summed E-state index contributed by atoms with van der Waals surface area (Å²) in [6.45, 7) is 1.75. The van der Waals surface area contributed by atoms with Gasteiger partial charge in [0.05, 0.1) is 12.2 Å². The van der Waals surface area contributed by atoms with Crippen molar-refractivity contribution in [1.29, 1.82) is 0 Å². The van der Waals surface area contributed by atoms with Crippen molar-refractivity contribution in [3.8, 4) is 16.9 Å². The number of para-hydroxylation sites is 4. The third-order valence-electron chi connectivity index (χ3n) is 15.4. The molecule has 0 saturated heterocycles. The first kappa shape index (κ1) is 53.5. The molecule has 406 valence electrons. The maximum atomic E-state index is 6.27. The molecule has 1 N–H and O–H groups in total. The van der Waals surface area contributed by atoms with Crippen LogP contribution in [0.3, 0.4) is 0 Å². The van der Waals surface area contributed by atoms with Crippen LogP contribution in [0.15, 0.2) is 308 Å². The Balaban J connectivity index is 0.736. The van der Waals surface area contributed by atoms with E-state index in [1.807, 2.05) is 7.05 Å². The van der Waals surface area contributed by atoms with E-state index >= 15 is 0 Å². The van der Waals surface area contributed by atoms with Gasteiger partial charge in [0.2, 0.25) is 22.8 Å². The summed E-state index contributed by atoms with van der Waals surface area (Å²) in [6.07, 6.45) is 33.3. The van der Waals surface area contributed by atoms with Crippen molar-refractivity contribution >= 4 is 57.0 Å². The molecule has 0 amide bonds. The number of ether oxygens (including phenoxy) is 1. The van der Waals surface area contributed by atoms with E-state index in [1.165, 1.54) is 36.8 Å². The van der Waals surface area contributed by atoms with Gasteiger partial charge in [0.15, 0.2) is 5.70 Å². The minimum Gasteiger partial charge on any atom is -0.494 e. The third kappa shape index (κ3) is 13.1. The lowest BCUT2D eigenvalue weighted by atomic mass is 9.99. The molecule has 3 aliphatic heterocycles. The van der Waals surface area contributed by atoms with E-state index < -0.39 is 0 Å². The van der Waals surface area contributed by atoms with Crippen molar-refractivity contribution in [2.45, 2.75) is 38.5 Å². The number of amidine groups is 1. The molecule has 0 spiro atoms. The number of hydrogen-bond donors (Lipinski definition) is 1. The maximum Gasteiger partial charge on any atom is 0.329 e. The van der Waals surface area contributed by atoms with Gasteiger partial charge < -0.3 is 19.4 Å². The second-order valence-corrected chi connectivity index (χ2v) is 21.1. The molecular weight excluding hydrogens is 1010 g/mol. The van der Waals surface area contributed by atoms with Gasteiger partial charge >= 0.3 is 5.84 Å². The van der Waals surface area contributed by atoms with E-state index in [0.717, 1.165) is 115 Å². The van der Waals surface area contributed by atoms with E-state index in [1.54, 1.807) is 0 Å². The van der Waals surface area contributed by atoms with Crippen LogP contribution in [0.25, 0.3) is 22.4 Å². The lowest BCUT2D eigenvalue weighted by Crippen LogP contribution is -2.70. The van der Waals surface area contributed by atoms with Crippen LogP contribution in [-0.4, -0.2) is 47.3 Å². The number of rotatable bonds is 18. The Bertz CT molecular complexity index is 3860. The summed E-state index contributed by atoms with van der Waals surface area (Å²) in [4.78, 5) is 15.8. The molecule has 7 nitrogen and oxygen atoms in total. The Labute approximate surface area is 488 Å². The first-order chi connectivity index (χ1) is 41.1. The minimum atomic E-state index is 0.705. The molecule has 12 rings (SSSR count). The summed E-state index contributed by atoms with van der Waals surface area (Å²) in [5.41, 5.74) is 16.5. The van der Waals surface area contributed by atoms with Crippen molar-refractivity contribution in [3.63, 3.8) is 0 Å². The zero-order valence-corrected chi connectivity index (χ0v) is 47.0. The number of hydrogen-bond acceptors (Lipinski definition) is 5. The van der Waals surface area contributed by atoms with E-state index in [4.69, 9.17) is 9.73 Å². The van der Waals surface area contributed by atoms with Crippen molar-refractivity contribution in [1.82, 2.24) is 14.4 Å². The van der Waals surface area contributed by atoms with Crippen LogP contribution in [0.4, 0.5) is 28.4 Å². The summed E-state index contributed by atoms with van der Waals surface area (Å²) in [7, 11) is 2.05. The quantitative estimate of drug-likeness (QED) is 0.0687. The standard InChI is InChI=1S/C76H67N6O/c1-79-53-48-62(49-54-79)63-50-55-80(56-51-63)52-18-4-2-3-5-19-57-83-73-46-40-66(41-47-73)76-77-74(64-32-28-58(29-33-64)60-36-42-71(43-37-60)81(67-20-10-6-11-21-67)68-22-12-7-13-23-68)75(78-76)65-34-30-59(31-35-65)61-38-44-72(45-39-61)82(69-24-14-8-15-25-69)70-26-16-9-17-27-70/h6-17,20-51,53-56H,2-5,18-19,52,57H2,1H3/q+1/p+1. The van der Waals surface area contributed by atoms with Crippen LogP contribution in [0.2, 0.25) is 0 Å². The number of nitrogens with one attached hydrogen (secondary N) is 1. The molecule has 8 aromatic carbocycles. The molecule has 83 heavy (non-hydrogen) atoms. The molecule has 0 atom stereocenters. The summed E-state index contributed by atoms with van der Waals surface area (Å²) in [5.74, 6) is 1.68. The fraction of sp³-hybridized carbons (Fsp3) is 0.118. The molecule has 4 aliphatic rings. The number of anilines is 3. The summed E-state index contributed by atoms with van der Waals surface area (Å²) in [6, 6.07) is 76.9. The number of nitrogens with zero attached hydrogens (tertiary/aromatic N) is 5. The van der Waals surface area contributed by atoms with Gasteiger partial charge in [0.1, 0.15) is 5.75 Å². The van der Waals surface area contributed by atoms with E-state index in [9.17, 15) is 0 Å². The van der Waals surface area contributed by atoms with Crippen molar-refractivity contribution in [3.05, 3.63) is 325 Å². The van der Waals surface area contributed by atoms with Crippen LogP contribution < -0.4 is 29.6 Å². The van der Waals surface area contributed by atoms with Crippen LogP contribution in [0.1, 0.15) is 49.7 Å². The predicted octanol–water partition coefficient (Wildman–Crippen LogP) is 14.5. The highest BCUT2D eigenvalue weighted by molar-refractivity contribution is 6.31. The molecular formula is C76H68N6O+2. The lowest BCUT2D eigenvalue weighted by molar-refractivity contribution is -0.337. The number of unbranched alkanes of at least 4 members (excludes halogenated alkanes) is 5. The topological polar surface area (TPSA) is 48.3 Å². The molecule has 3 heterocycles. The molecule has 7 heteroatoms. The van der Waals surface area contributed by atoms with Gasteiger partial charge in [0.25, 0.3) is 0 Å². The van der Waals surface area contributed by atoms with Gasteiger partial charge in [-0.3, -0.25) is 0 Å². The minimum absolute atomic E-state index is 0.705. The Kier molecular flexibility index (Phi) is 16.8. The largest absolute Gasteiger partial charge is 0.494 e. The predicted molar refractivity (Wildman–Crippen MR) is 346 cm³/mol. The van der Waals surface area contributed by atoms with Crippen molar-refractivity contribution in [2.24, 2.45) is 4.99 Å². The fourth-order valence-corrected chi connectivity index (χ4v) is 10.9. The van der Waals surface area contributed by atoms with Gasteiger partial charge in [-0.25, -0.2) is 4.99 Å². The summed E-state index contributed by atoms with van der Waals surface area (Å²) >= 11 is 0. The Morgan fingerprint density at radius 2 is 0.892 bits per heavy atom. The molecule has 0 saturated carbocycles. The van der Waals surface area contributed by atoms with Crippen molar-refractivity contribution in [2.75, 3.05) is 25.1 Å². The van der Waals surface area contributed by atoms with E-state index in [2.05, 4.69) is 316 Å². The molecule has 0 unspecified atom stereocenters. The Hall–Kier alpha value is -10.1. The zero-order chi connectivity index (χ0) is 56.0. The highest BCUT2D eigenvalue weighted by atomic mass is 16.5. The van der Waals surface area contributed by atoms with Gasteiger partial charge in [-0.05, 0) is 172 Å². The molecule has 0 fully saturated rings. The SMILES string of the molecule is CN1C=CC(=C2C=CN(CCCCCCCCOc3ccc(C4=[NH+]C(=c5ccc(=C6C=CC(=[N+](c7ccccc7)c7ccccc7)C=C6)cc5)C(c5ccc(-c6ccc(N(c7ccccc7)c7ccccc7)cc6)cc5)=N4)cc3)C=C2)C=C1. The smallest absolute Gasteiger partial charge is 0.329 e. The first-order valence-corrected chi connectivity index (χ1v) is 29.1. The monoisotopic (exact) mass is 1080 g/mol. The fourth-order valence-electron chi connectivity index (χ4n) is 10.9. The van der Waals surface area contributed by atoms with Crippen LogP contribution in [0, 0.1) is 0 Å². The van der Waals surface area contributed by atoms with Gasteiger partial charge in [-0.2, -0.15) is 4.58 Å². The highest BCUT2D eigenvalue weighted by Crippen LogP contribution is 2.36. The normalized spacial score (nSPS) is 14.4. The van der Waals surface area contributed by atoms with E-state index in [0.29, 0.717) is 6.61 Å². The van der Waals surface area contributed by atoms with Gasteiger partial charge in [0, 0.05) is 103 Å². The maximum absolute atomic E-state index is 6.27. The van der Waals surface area contributed by atoms with Crippen LogP contribution in [-0.2, 0) is 0 Å². The molecule has 0 bridgehead atoms. The molecule has 0 radical (unpaired) electrons. The first-order valence-electron chi connectivity index (χ1n) is 29.1. The Morgan fingerprint density at radius 3 is 1.47 bits per heavy atom. The summed E-state index contributed by atoms with van der Waals surface area (Å²) in [5, 5.41) is 2.20. The number of aliphatic imine (C=N–C) groups is 1. The van der Waals surface area contributed by atoms with Gasteiger partial charge in [-0.15, -0.1) is 0 Å². The number of allylic oxidation sites excluding steroid dienone is 10. The highest BCUT2D eigenvalue weighted by Gasteiger charge is 2.29. The molecule has 8 aromatic rings. The average molecular weight is 1080 g/mol. The second kappa shape index (κ2) is 26.0. The van der Waals surface area contributed by atoms with Crippen LogP contribution in [0.5, 0.6) is 5.75 Å². The number of benzene rings is 8. The van der Waals surface area contributed by atoms with E-state index in [-0.39, 0.29) is 0 Å². The molecule has 1 aliphatic carbocycles. The van der Waals surface area contributed by atoms with Crippen LogP contribution >= 0.6 is 0 Å². The lowest BCUT2D eigenvalue weighted by Gasteiger charge is -2.25. The summed E-state index contributed by atoms with van der Waals surface area (Å²) < 4.78 is 8.56.